The summed E-state index contributed by atoms with van der Waals surface area (Å²) < 4.78 is 1.91. The molecule has 0 saturated carbocycles. The number of thiophene rings is 1. The van der Waals surface area contributed by atoms with E-state index in [-0.39, 0.29) is 5.91 Å². The number of pyridine rings is 1. The number of hydrogen-bond donors (Lipinski definition) is 1. The quantitative estimate of drug-likeness (QED) is 0.819. The number of aromatic nitrogens is 1. The lowest BCUT2D eigenvalue weighted by atomic mass is 10.3. The summed E-state index contributed by atoms with van der Waals surface area (Å²) in [6, 6.07) is 5.49. The first kappa shape index (κ1) is 13.7. The minimum Gasteiger partial charge on any atom is -0.306 e. The first-order valence-corrected chi connectivity index (χ1v) is 7.58. The van der Waals surface area contributed by atoms with Gasteiger partial charge in [0.1, 0.15) is 5.82 Å². The molecule has 0 fully saturated rings. The van der Waals surface area contributed by atoms with Crippen molar-refractivity contribution in [1.29, 1.82) is 0 Å². The topological polar surface area (TPSA) is 42.0 Å². The van der Waals surface area contributed by atoms with Crippen LogP contribution in [-0.4, -0.2) is 10.9 Å². The van der Waals surface area contributed by atoms with Gasteiger partial charge in [0.05, 0.1) is 14.4 Å². The lowest BCUT2D eigenvalue weighted by Gasteiger charge is -2.04. The predicted octanol–water partition coefficient (Wildman–Crippen LogP) is 4.54. The normalized spacial score (nSPS) is 10.4. The second-order valence-electron chi connectivity index (χ2n) is 3.79. The van der Waals surface area contributed by atoms with Crippen molar-refractivity contribution in [2.75, 3.05) is 5.32 Å². The van der Waals surface area contributed by atoms with Crippen molar-refractivity contribution in [3.05, 3.63) is 42.6 Å². The van der Waals surface area contributed by atoms with Crippen LogP contribution < -0.4 is 5.32 Å². The fraction of sp³-hybridized carbons (Fsp3) is 0.167. The van der Waals surface area contributed by atoms with Crippen LogP contribution in [0.2, 0.25) is 0 Å². The highest BCUT2D eigenvalue weighted by molar-refractivity contribution is 9.11. The van der Waals surface area contributed by atoms with Crippen molar-refractivity contribution in [2.24, 2.45) is 0 Å². The van der Waals surface area contributed by atoms with Crippen molar-refractivity contribution in [2.45, 2.75) is 13.8 Å². The molecule has 2 aromatic rings. The van der Waals surface area contributed by atoms with Gasteiger partial charge in [0.2, 0.25) is 0 Å². The fourth-order valence-electron chi connectivity index (χ4n) is 1.36. The van der Waals surface area contributed by atoms with Gasteiger partial charge in [0.25, 0.3) is 5.91 Å². The summed E-state index contributed by atoms with van der Waals surface area (Å²) in [6.07, 6.45) is 0. The van der Waals surface area contributed by atoms with Gasteiger partial charge in [-0.25, -0.2) is 4.98 Å². The van der Waals surface area contributed by atoms with Gasteiger partial charge in [-0.1, -0.05) is 0 Å². The van der Waals surface area contributed by atoms with E-state index in [2.05, 4.69) is 42.2 Å². The first-order valence-electron chi connectivity index (χ1n) is 5.18. The maximum atomic E-state index is 12.0. The van der Waals surface area contributed by atoms with E-state index in [9.17, 15) is 4.79 Å². The highest BCUT2D eigenvalue weighted by Gasteiger charge is 2.12. The van der Waals surface area contributed by atoms with Crippen LogP contribution in [0.15, 0.2) is 26.5 Å². The van der Waals surface area contributed by atoms with Crippen LogP contribution in [0, 0.1) is 13.8 Å². The van der Waals surface area contributed by atoms with E-state index in [0.29, 0.717) is 10.7 Å². The van der Waals surface area contributed by atoms with Gasteiger partial charge in [-0.3, -0.25) is 4.79 Å². The standard InChI is InChI=1S/C12H10Br2N2OS/c1-6-5-9(18-11(6)14)12(17)16-10-4-3-8(13)7(2)15-10/h3-5H,1-2H3,(H,15,16,17). The monoisotopic (exact) mass is 388 g/mol. The Bertz CT molecular complexity index is 591. The third-order valence-corrected chi connectivity index (χ3v) is 5.32. The largest absolute Gasteiger partial charge is 0.306 e. The molecule has 0 aliphatic carbocycles. The zero-order valence-corrected chi connectivity index (χ0v) is 13.7. The molecule has 0 atom stereocenters. The summed E-state index contributed by atoms with van der Waals surface area (Å²) in [6.45, 7) is 3.84. The molecule has 0 aromatic carbocycles. The van der Waals surface area contributed by atoms with E-state index in [4.69, 9.17) is 0 Å². The van der Waals surface area contributed by atoms with Crippen LogP contribution in [-0.2, 0) is 0 Å². The Balaban J connectivity index is 2.18. The molecule has 0 aliphatic heterocycles. The SMILES string of the molecule is Cc1cc(C(=O)Nc2ccc(Br)c(C)n2)sc1Br. The highest BCUT2D eigenvalue weighted by Crippen LogP contribution is 2.27. The molecular weight excluding hydrogens is 380 g/mol. The predicted molar refractivity (Wildman–Crippen MR) is 81.4 cm³/mol. The molecule has 0 saturated heterocycles. The average molecular weight is 390 g/mol. The molecule has 2 aromatic heterocycles. The Labute approximate surface area is 126 Å². The molecule has 18 heavy (non-hydrogen) atoms. The number of hydrogen-bond acceptors (Lipinski definition) is 3. The lowest BCUT2D eigenvalue weighted by Crippen LogP contribution is -2.11. The molecule has 6 heteroatoms. The van der Waals surface area contributed by atoms with Gasteiger partial charge < -0.3 is 5.32 Å². The number of aryl methyl sites for hydroxylation is 2. The number of carbonyl (C=O) groups is 1. The Morgan fingerprint density at radius 3 is 2.61 bits per heavy atom. The van der Waals surface area contributed by atoms with Crippen LogP contribution in [0.3, 0.4) is 0 Å². The molecule has 0 bridgehead atoms. The fourth-order valence-corrected chi connectivity index (χ4v) is 3.01. The van der Waals surface area contributed by atoms with E-state index in [1.807, 2.05) is 26.0 Å². The van der Waals surface area contributed by atoms with Gasteiger partial charge in [0, 0.05) is 4.47 Å². The minimum atomic E-state index is -0.136. The third kappa shape index (κ3) is 2.99. The van der Waals surface area contributed by atoms with Crippen LogP contribution >= 0.6 is 43.2 Å². The van der Waals surface area contributed by atoms with Crippen molar-refractivity contribution in [3.8, 4) is 0 Å². The summed E-state index contributed by atoms with van der Waals surface area (Å²) in [5.74, 6) is 0.422. The zero-order chi connectivity index (χ0) is 13.3. The van der Waals surface area contributed by atoms with E-state index >= 15 is 0 Å². The van der Waals surface area contributed by atoms with Gasteiger partial charge in [-0.15, -0.1) is 11.3 Å². The lowest BCUT2D eigenvalue weighted by molar-refractivity contribution is 0.103. The molecular formula is C12H10Br2N2OS. The number of halogens is 2. The summed E-state index contributed by atoms with van der Waals surface area (Å²) in [4.78, 5) is 17.0. The van der Waals surface area contributed by atoms with Crippen LogP contribution in [0.1, 0.15) is 20.9 Å². The molecule has 0 aliphatic rings. The number of nitrogens with one attached hydrogen (secondary N) is 1. The number of rotatable bonds is 2. The third-order valence-electron chi connectivity index (χ3n) is 2.34. The summed E-state index contributed by atoms with van der Waals surface area (Å²) >= 11 is 8.20. The Kier molecular flexibility index (Phi) is 4.19. The van der Waals surface area contributed by atoms with Gasteiger partial charge in [-0.05, 0) is 69.5 Å². The van der Waals surface area contributed by atoms with E-state index in [1.54, 1.807) is 6.07 Å². The number of anilines is 1. The maximum Gasteiger partial charge on any atom is 0.266 e. The molecule has 1 N–H and O–H groups in total. The Morgan fingerprint density at radius 1 is 1.33 bits per heavy atom. The zero-order valence-electron chi connectivity index (χ0n) is 9.75. The molecule has 0 unspecified atom stereocenters. The smallest absolute Gasteiger partial charge is 0.266 e. The average Bonchev–Trinajstić information content (AvgIpc) is 2.65. The van der Waals surface area contributed by atoms with Gasteiger partial charge in [0.15, 0.2) is 0 Å². The number of amides is 1. The van der Waals surface area contributed by atoms with Crippen molar-refractivity contribution >= 4 is 54.9 Å². The number of carbonyl (C=O) groups excluding carboxylic acids is 1. The van der Waals surface area contributed by atoms with Crippen LogP contribution in [0.4, 0.5) is 5.82 Å². The van der Waals surface area contributed by atoms with E-state index in [1.165, 1.54) is 11.3 Å². The van der Waals surface area contributed by atoms with Crippen LogP contribution in [0.5, 0.6) is 0 Å². The summed E-state index contributed by atoms with van der Waals surface area (Å²) in [7, 11) is 0. The maximum absolute atomic E-state index is 12.0. The molecule has 0 radical (unpaired) electrons. The van der Waals surface area contributed by atoms with Gasteiger partial charge in [-0.2, -0.15) is 0 Å². The minimum absolute atomic E-state index is 0.136. The number of nitrogens with zero attached hydrogens (tertiary/aromatic N) is 1. The highest BCUT2D eigenvalue weighted by atomic mass is 79.9. The van der Waals surface area contributed by atoms with Crippen LogP contribution in [0.25, 0.3) is 0 Å². The summed E-state index contributed by atoms with van der Waals surface area (Å²) in [5, 5.41) is 2.79. The molecule has 2 rings (SSSR count). The molecule has 1 amide bonds. The summed E-state index contributed by atoms with van der Waals surface area (Å²) in [5.41, 5.74) is 1.90. The van der Waals surface area contributed by atoms with Crippen molar-refractivity contribution < 1.29 is 4.79 Å². The van der Waals surface area contributed by atoms with Crippen molar-refractivity contribution in [1.82, 2.24) is 4.98 Å². The van der Waals surface area contributed by atoms with E-state index in [0.717, 1.165) is 19.5 Å². The van der Waals surface area contributed by atoms with Gasteiger partial charge >= 0.3 is 0 Å². The molecule has 94 valence electrons. The van der Waals surface area contributed by atoms with E-state index < -0.39 is 0 Å². The second kappa shape index (κ2) is 5.50. The second-order valence-corrected chi connectivity index (χ2v) is 7.01. The van der Waals surface area contributed by atoms with Crippen molar-refractivity contribution in [3.63, 3.8) is 0 Å². The Morgan fingerprint density at radius 2 is 2.06 bits per heavy atom. The Hall–Kier alpha value is -0.720. The first-order chi connectivity index (χ1) is 8.47. The molecule has 0 spiro atoms. The molecule has 2 heterocycles. The molecule has 3 nitrogen and oxygen atoms in total.